The summed E-state index contributed by atoms with van der Waals surface area (Å²) in [6.07, 6.45) is 1.02. The predicted molar refractivity (Wildman–Crippen MR) is 85.8 cm³/mol. The maximum absolute atomic E-state index is 5.80. The van der Waals surface area contributed by atoms with Gasteiger partial charge in [-0.05, 0) is 54.4 Å². The van der Waals surface area contributed by atoms with Gasteiger partial charge in [0.15, 0.2) is 0 Å². The first-order valence-corrected chi connectivity index (χ1v) is 7.32. The molecule has 0 bridgehead atoms. The van der Waals surface area contributed by atoms with Gasteiger partial charge >= 0.3 is 0 Å². The lowest BCUT2D eigenvalue weighted by molar-refractivity contribution is 0.223. The SMILES string of the molecule is COc1cc(C)c(C(CC(C)C(C)(C)C)NN)cc1C. The predicted octanol–water partition coefficient (Wildman–Crippen LogP) is 3.89. The third-order valence-electron chi connectivity index (χ3n) is 4.43. The summed E-state index contributed by atoms with van der Waals surface area (Å²) >= 11 is 0. The molecule has 0 radical (unpaired) electrons. The first-order valence-electron chi connectivity index (χ1n) is 7.32. The van der Waals surface area contributed by atoms with Crippen molar-refractivity contribution in [3.63, 3.8) is 0 Å². The lowest BCUT2D eigenvalue weighted by Crippen LogP contribution is -2.32. The zero-order valence-electron chi connectivity index (χ0n) is 14.0. The zero-order valence-corrected chi connectivity index (χ0v) is 14.0. The highest BCUT2D eigenvalue weighted by Crippen LogP contribution is 2.35. The maximum atomic E-state index is 5.80. The lowest BCUT2D eigenvalue weighted by Gasteiger charge is -2.31. The van der Waals surface area contributed by atoms with Crippen molar-refractivity contribution in [3.8, 4) is 5.75 Å². The quantitative estimate of drug-likeness (QED) is 0.634. The van der Waals surface area contributed by atoms with Gasteiger partial charge in [0.05, 0.1) is 7.11 Å². The summed E-state index contributed by atoms with van der Waals surface area (Å²) in [7, 11) is 1.71. The first kappa shape index (κ1) is 17.0. The molecule has 0 saturated heterocycles. The summed E-state index contributed by atoms with van der Waals surface area (Å²) in [4.78, 5) is 0. The van der Waals surface area contributed by atoms with Crippen molar-refractivity contribution in [2.45, 2.75) is 54.0 Å². The molecule has 1 aromatic rings. The molecule has 3 nitrogen and oxygen atoms in total. The van der Waals surface area contributed by atoms with Crippen molar-refractivity contribution in [1.82, 2.24) is 5.43 Å². The third-order valence-corrected chi connectivity index (χ3v) is 4.43. The molecule has 2 atom stereocenters. The van der Waals surface area contributed by atoms with Crippen molar-refractivity contribution >= 4 is 0 Å². The molecule has 3 heteroatoms. The lowest BCUT2D eigenvalue weighted by atomic mass is 9.77. The van der Waals surface area contributed by atoms with Gasteiger partial charge in [-0.3, -0.25) is 11.3 Å². The fraction of sp³-hybridized carbons (Fsp3) is 0.647. The van der Waals surface area contributed by atoms with E-state index < -0.39 is 0 Å². The van der Waals surface area contributed by atoms with Crippen LogP contribution in [0.4, 0.5) is 0 Å². The molecular formula is C17H30N2O. The van der Waals surface area contributed by atoms with Crippen LogP contribution >= 0.6 is 0 Å². The average Bonchev–Trinajstić information content (AvgIpc) is 2.37. The van der Waals surface area contributed by atoms with E-state index in [-0.39, 0.29) is 11.5 Å². The number of nitrogens with two attached hydrogens (primary N) is 1. The highest BCUT2D eigenvalue weighted by Gasteiger charge is 2.25. The van der Waals surface area contributed by atoms with Crippen LogP contribution in [0.5, 0.6) is 5.75 Å². The Balaban J connectivity index is 3.04. The maximum Gasteiger partial charge on any atom is 0.122 e. The van der Waals surface area contributed by atoms with E-state index in [1.54, 1.807) is 7.11 Å². The molecule has 1 rings (SSSR count). The van der Waals surface area contributed by atoms with Crippen molar-refractivity contribution in [2.24, 2.45) is 17.2 Å². The highest BCUT2D eigenvalue weighted by molar-refractivity contribution is 5.42. The van der Waals surface area contributed by atoms with Gasteiger partial charge in [-0.15, -0.1) is 0 Å². The number of benzene rings is 1. The molecule has 0 aliphatic rings. The molecule has 0 heterocycles. The fourth-order valence-corrected chi connectivity index (χ4v) is 2.40. The number of rotatable bonds is 5. The van der Waals surface area contributed by atoms with Crippen LogP contribution in [0.1, 0.15) is 56.8 Å². The number of ether oxygens (including phenoxy) is 1. The van der Waals surface area contributed by atoms with Gasteiger partial charge in [0.25, 0.3) is 0 Å². The third kappa shape index (κ3) is 3.97. The molecule has 0 saturated carbocycles. The van der Waals surface area contributed by atoms with Crippen LogP contribution < -0.4 is 16.0 Å². The topological polar surface area (TPSA) is 47.3 Å². The van der Waals surface area contributed by atoms with E-state index in [1.165, 1.54) is 11.1 Å². The van der Waals surface area contributed by atoms with Crippen LogP contribution in [-0.2, 0) is 0 Å². The van der Waals surface area contributed by atoms with Gasteiger partial charge < -0.3 is 4.74 Å². The number of hydrazine groups is 1. The number of hydrogen-bond donors (Lipinski definition) is 2. The van der Waals surface area contributed by atoms with Crippen molar-refractivity contribution in [3.05, 3.63) is 28.8 Å². The molecule has 3 N–H and O–H groups in total. The summed E-state index contributed by atoms with van der Waals surface area (Å²) in [5.74, 6) is 7.32. The molecule has 0 spiro atoms. The van der Waals surface area contributed by atoms with E-state index in [9.17, 15) is 0 Å². The van der Waals surface area contributed by atoms with Crippen LogP contribution in [0.2, 0.25) is 0 Å². The monoisotopic (exact) mass is 278 g/mol. The van der Waals surface area contributed by atoms with Crippen molar-refractivity contribution in [2.75, 3.05) is 7.11 Å². The van der Waals surface area contributed by atoms with E-state index in [4.69, 9.17) is 10.6 Å². The normalized spacial score (nSPS) is 15.0. The summed E-state index contributed by atoms with van der Waals surface area (Å²) in [5, 5.41) is 0. The molecule has 0 amide bonds. The number of hydrogen-bond acceptors (Lipinski definition) is 3. The number of methoxy groups -OCH3 is 1. The molecular weight excluding hydrogens is 248 g/mol. The van der Waals surface area contributed by atoms with Crippen LogP contribution in [0, 0.1) is 25.2 Å². The largest absolute Gasteiger partial charge is 0.496 e. The molecule has 0 fully saturated rings. The molecule has 20 heavy (non-hydrogen) atoms. The molecule has 0 aliphatic heterocycles. The zero-order chi connectivity index (χ0) is 15.5. The smallest absolute Gasteiger partial charge is 0.122 e. The number of aryl methyl sites for hydroxylation is 2. The van der Waals surface area contributed by atoms with Crippen LogP contribution in [-0.4, -0.2) is 7.11 Å². The minimum absolute atomic E-state index is 0.175. The summed E-state index contributed by atoms with van der Waals surface area (Å²) in [6, 6.07) is 4.46. The first-order chi connectivity index (χ1) is 9.20. The van der Waals surface area contributed by atoms with Gasteiger partial charge in [-0.1, -0.05) is 33.8 Å². The molecule has 2 unspecified atom stereocenters. The molecule has 0 aromatic heterocycles. The van der Waals surface area contributed by atoms with Gasteiger partial charge in [-0.2, -0.15) is 0 Å². The summed E-state index contributed by atoms with van der Waals surface area (Å²) < 4.78 is 5.38. The van der Waals surface area contributed by atoms with Gasteiger partial charge in [0.1, 0.15) is 5.75 Å². The molecule has 0 aliphatic carbocycles. The Kier molecular flexibility index (Phi) is 5.60. The van der Waals surface area contributed by atoms with Gasteiger partial charge in [-0.25, -0.2) is 0 Å². The highest BCUT2D eigenvalue weighted by atomic mass is 16.5. The number of nitrogens with one attached hydrogen (secondary N) is 1. The fourth-order valence-electron chi connectivity index (χ4n) is 2.40. The summed E-state index contributed by atoms with van der Waals surface area (Å²) in [6.45, 7) is 13.3. The van der Waals surface area contributed by atoms with E-state index in [2.05, 4.69) is 59.1 Å². The Morgan fingerprint density at radius 3 is 2.25 bits per heavy atom. The van der Waals surface area contributed by atoms with Gasteiger partial charge in [0.2, 0.25) is 0 Å². The second-order valence-corrected chi connectivity index (χ2v) is 6.90. The Morgan fingerprint density at radius 2 is 1.80 bits per heavy atom. The van der Waals surface area contributed by atoms with E-state index in [0.29, 0.717) is 5.92 Å². The van der Waals surface area contributed by atoms with E-state index in [0.717, 1.165) is 17.7 Å². The molecule has 1 aromatic carbocycles. The Labute approximate surface area is 123 Å². The second kappa shape index (κ2) is 6.59. The van der Waals surface area contributed by atoms with Crippen LogP contribution in [0.25, 0.3) is 0 Å². The Bertz CT molecular complexity index is 449. The van der Waals surface area contributed by atoms with Crippen molar-refractivity contribution in [1.29, 1.82) is 0 Å². The average molecular weight is 278 g/mol. The van der Waals surface area contributed by atoms with E-state index in [1.807, 2.05) is 0 Å². The van der Waals surface area contributed by atoms with Gasteiger partial charge in [0, 0.05) is 6.04 Å². The minimum atomic E-state index is 0.175. The Hall–Kier alpha value is -1.06. The summed E-state index contributed by atoms with van der Waals surface area (Å²) in [5.41, 5.74) is 6.90. The standard InChI is InChI=1S/C17H30N2O/c1-11-9-16(20-7)12(2)8-14(11)15(19-18)10-13(3)17(4,5)6/h8-9,13,15,19H,10,18H2,1-7H3. The second-order valence-electron chi connectivity index (χ2n) is 6.90. The minimum Gasteiger partial charge on any atom is -0.496 e. The van der Waals surface area contributed by atoms with Crippen molar-refractivity contribution < 1.29 is 4.74 Å². The molecule has 114 valence electrons. The van der Waals surface area contributed by atoms with E-state index >= 15 is 0 Å². The Morgan fingerprint density at radius 1 is 1.20 bits per heavy atom. The van der Waals surface area contributed by atoms with Crippen LogP contribution in [0.15, 0.2) is 12.1 Å². The van der Waals surface area contributed by atoms with Crippen LogP contribution in [0.3, 0.4) is 0 Å².